The zero-order chi connectivity index (χ0) is 15.0. The summed E-state index contributed by atoms with van der Waals surface area (Å²) in [5, 5.41) is 6.59. The first-order valence-electron chi connectivity index (χ1n) is 8.34. The van der Waals surface area contributed by atoms with E-state index in [1.165, 1.54) is 6.42 Å². The number of nitrogens with one attached hydrogen (secondary N) is 2. The number of amides is 2. The third-order valence-electron chi connectivity index (χ3n) is 5.61. The van der Waals surface area contributed by atoms with Gasteiger partial charge in [0.25, 0.3) is 0 Å². The van der Waals surface area contributed by atoms with Gasteiger partial charge in [0.05, 0.1) is 11.5 Å². The van der Waals surface area contributed by atoms with E-state index in [1.54, 1.807) is 0 Å². The fraction of sp³-hybridized carbons (Fsp3) is 0.875. The van der Waals surface area contributed by atoms with Crippen LogP contribution < -0.4 is 10.6 Å². The number of rotatable bonds is 3. The van der Waals surface area contributed by atoms with Crippen molar-refractivity contribution in [1.82, 2.24) is 15.5 Å². The minimum absolute atomic E-state index is 0. The van der Waals surface area contributed by atoms with Gasteiger partial charge in [-0.2, -0.15) is 0 Å². The van der Waals surface area contributed by atoms with Gasteiger partial charge in [0, 0.05) is 25.6 Å². The number of halogens is 1. The molecule has 3 aliphatic rings. The van der Waals surface area contributed by atoms with E-state index in [9.17, 15) is 9.59 Å². The van der Waals surface area contributed by atoms with E-state index in [0.717, 1.165) is 32.4 Å². The molecule has 2 heterocycles. The van der Waals surface area contributed by atoms with Crippen molar-refractivity contribution >= 4 is 24.2 Å². The molecule has 1 aliphatic carbocycles. The lowest BCUT2D eigenvalue weighted by atomic mass is 9.67. The summed E-state index contributed by atoms with van der Waals surface area (Å²) < 4.78 is 0. The average molecular weight is 330 g/mol. The second-order valence-electron chi connectivity index (χ2n) is 7.24. The molecule has 2 aliphatic heterocycles. The van der Waals surface area contributed by atoms with Crippen molar-refractivity contribution < 1.29 is 9.59 Å². The standard InChI is InChI=1S/C16H27N3O2.ClH/c1-11(2)19-9-13(7-14(19)20)18-15(21)16-6-4-3-5-12(16)8-17-10-16;/h11-13,17H,3-10H2,1-2H3,(H,18,21);1H/t12-,13?,16+;/m0./s1. The summed E-state index contributed by atoms with van der Waals surface area (Å²) in [6, 6.07) is 0.207. The SMILES string of the molecule is CC(C)N1CC(NC(=O)[C@@]23CCCC[C@H]2CNC3)CC1=O.Cl. The van der Waals surface area contributed by atoms with Crippen LogP contribution in [-0.4, -0.2) is 48.4 Å². The van der Waals surface area contributed by atoms with Crippen LogP contribution in [-0.2, 0) is 9.59 Å². The van der Waals surface area contributed by atoms with Gasteiger partial charge in [0.15, 0.2) is 0 Å². The molecular formula is C16H28ClN3O2. The van der Waals surface area contributed by atoms with Gasteiger partial charge >= 0.3 is 0 Å². The molecule has 6 heteroatoms. The first kappa shape index (κ1) is 17.5. The summed E-state index contributed by atoms with van der Waals surface area (Å²) in [6.07, 6.45) is 4.99. The van der Waals surface area contributed by atoms with Gasteiger partial charge in [0.2, 0.25) is 11.8 Å². The maximum absolute atomic E-state index is 12.9. The van der Waals surface area contributed by atoms with Crippen LogP contribution in [0.25, 0.3) is 0 Å². The lowest BCUT2D eigenvalue weighted by Crippen LogP contribution is -2.51. The first-order chi connectivity index (χ1) is 10.0. The first-order valence-corrected chi connectivity index (χ1v) is 8.34. The number of carbonyl (C=O) groups is 2. The van der Waals surface area contributed by atoms with E-state index < -0.39 is 0 Å². The molecule has 2 saturated heterocycles. The highest BCUT2D eigenvalue weighted by Gasteiger charge is 2.50. The lowest BCUT2D eigenvalue weighted by molar-refractivity contribution is -0.134. The predicted octanol–water partition coefficient (Wildman–Crippen LogP) is 1.31. The monoisotopic (exact) mass is 329 g/mol. The quantitative estimate of drug-likeness (QED) is 0.821. The van der Waals surface area contributed by atoms with Crippen molar-refractivity contribution in [2.75, 3.05) is 19.6 Å². The van der Waals surface area contributed by atoms with Crippen LogP contribution >= 0.6 is 12.4 Å². The molecule has 0 aromatic carbocycles. The van der Waals surface area contributed by atoms with E-state index in [0.29, 0.717) is 18.9 Å². The predicted molar refractivity (Wildman–Crippen MR) is 87.9 cm³/mol. The summed E-state index contributed by atoms with van der Waals surface area (Å²) in [4.78, 5) is 26.7. The van der Waals surface area contributed by atoms with Crippen LogP contribution in [0.4, 0.5) is 0 Å². The normalized spacial score (nSPS) is 34.5. The van der Waals surface area contributed by atoms with Crippen molar-refractivity contribution in [2.24, 2.45) is 11.3 Å². The van der Waals surface area contributed by atoms with Crippen LogP contribution in [0.5, 0.6) is 0 Å². The van der Waals surface area contributed by atoms with E-state index >= 15 is 0 Å². The maximum Gasteiger partial charge on any atom is 0.228 e. The van der Waals surface area contributed by atoms with E-state index in [4.69, 9.17) is 0 Å². The van der Waals surface area contributed by atoms with Crippen LogP contribution in [0.2, 0.25) is 0 Å². The lowest BCUT2D eigenvalue weighted by Gasteiger charge is -2.37. The number of fused-ring (bicyclic) bond motifs is 1. The third kappa shape index (κ3) is 2.98. The van der Waals surface area contributed by atoms with Gasteiger partial charge in [-0.1, -0.05) is 12.8 Å². The fourth-order valence-corrected chi connectivity index (χ4v) is 4.35. The van der Waals surface area contributed by atoms with E-state index in [1.807, 2.05) is 18.7 Å². The number of likely N-dealkylation sites (tertiary alicyclic amines) is 1. The summed E-state index contributed by atoms with van der Waals surface area (Å²) in [6.45, 7) is 6.49. The molecule has 22 heavy (non-hydrogen) atoms. The Morgan fingerprint density at radius 1 is 1.41 bits per heavy atom. The topological polar surface area (TPSA) is 61.4 Å². The summed E-state index contributed by atoms with van der Waals surface area (Å²) >= 11 is 0. The summed E-state index contributed by atoms with van der Waals surface area (Å²) in [5.41, 5.74) is -0.216. The maximum atomic E-state index is 12.9. The molecule has 0 aromatic heterocycles. The highest BCUT2D eigenvalue weighted by atomic mass is 35.5. The van der Waals surface area contributed by atoms with Crippen molar-refractivity contribution in [3.8, 4) is 0 Å². The second-order valence-corrected chi connectivity index (χ2v) is 7.24. The molecule has 0 spiro atoms. The third-order valence-corrected chi connectivity index (χ3v) is 5.61. The Labute approximate surface area is 139 Å². The van der Waals surface area contributed by atoms with Crippen molar-refractivity contribution in [3.63, 3.8) is 0 Å². The Morgan fingerprint density at radius 2 is 2.18 bits per heavy atom. The minimum atomic E-state index is -0.216. The Hall–Kier alpha value is -0.810. The largest absolute Gasteiger partial charge is 0.351 e. The van der Waals surface area contributed by atoms with Crippen molar-refractivity contribution in [1.29, 1.82) is 0 Å². The van der Waals surface area contributed by atoms with Gasteiger partial charge in [-0.3, -0.25) is 9.59 Å². The number of nitrogens with zero attached hydrogens (tertiary/aromatic N) is 1. The molecule has 2 amide bonds. The second kappa shape index (κ2) is 6.75. The number of hydrogen-bond acceptors (Lipinski definition) is 3. The molecule has 2 N–H and O–H groups in total. The molecule has 0 radical (unpaired) electrons. The molecule has 3 atom stereocenters. The number of carbonyl (C=O) groups excluding carboxylic acids is 2. The van der Waals surface area contributed by atoms with Gasteiger partial charge in [-0.05, 0) is 39.2 Å². The Kier molecular flexibility index (Phi) is 5.38. The molecule has 0 bridgehead atoms. The van der Waals surface area contributed by atoms with Gasteiger partial charge in [0.1, 0.15) is 0 Å². The summed E-state index contributed by atoms with van der Waals surface area (Å²) in [7, 11) is 0. The Balaban J connectivity index is 0.00000176. The van der Waals surface area contributed by atoms with E-state index in [2.05, 4.69) is 10.6 Å². The zero-order valence-corrected chi connectivity index (χ0v) is 14.4. The molecular weight excluding hydrogens is 302 g/mol. The molecule has 0 aromatic rings. The highest BCUT2D eigenvalue weighted by Crippen LogP contribution is 2.44. The van der Waals surface area contributed by atoms with Crippen LogP contribution in [0.1, 0.15) is 46.0 Å². The van der Waals surface area contributed by atoms with Crippen LogP contribution in [0.3, 0.4) is 0 Å². The van der Waals surface area contributed by atoms with Gasteiger partial charge < -0.3 is 15.5 Å². The molecule has 3 rings (SSSR count). The van der Waals surface area contributed by atoms with E-state index in [-0.39, 0.29) is 41.7 Å². The smallest absolute Gasteiger partial charge is 0.228 e. The van der Waals surface area contributed by atoms with Gasteiger partial charge in [-0.25, -0.2) is 0 Å². The van der Waals surface area contributed by atoms with Crippen molar-refractivity contribution in [2.45, 2.75) is 58.0 Å². The Morgan fingerprint density at radius 3 is 2.86 bits per heavy atom. The summed E-state index contributed by atoms with van der Waals surface area (Å²) in [5.74, 6) is 0.822. The molecule has 126 valence electrons. The van der Waals surface area contributed by atoms with Crippen LogP contribution in [0.15, 0.2) is 0 Å². The molecule has 5 nitrogen and oxygen atoms in total. The fourth-order valence-electron chi connectivity index (χ4n) is 4.35. The zero-order valence-electron chi connectivity index (χ0n) is 13.6. The number of hydrogen-bond donors (Lipinski definition) is 2. The average Bonchev–Trinajstić information content (AvgIpc) is 3.02. The Bertz CT molecular complexity index is 443. The minimum Gasteiger partial charge on any atom is -0.351 e. The highest BCUT2D eigenvalue weighted by molar-refractivity contribution is 5.86. The van der Waals surface area contributed by atoms with Crippen LogP contribution in [0, 0.1) is 11.3 Å². The molecule has 3 fully saturated rings. The van der Waals surface area contributed by atoms with Crippen molar-refractivity contribution in [3.05, 3.63) is 0 Å². The molecule has 1 unspecified atom stereocenters. The molecule has 1 saturated carbocycles. The van der Waals surface area contributed by atoms with Gasteiger partial charge in [-0.15, -0.1) is 12.4 Å².